The van der Waals surface area contributed by atoms with Crippen LogP contribution in [0.5, 0.6) is 0 Å². The van der Waals surface area contributed by atoms with Crippen LogP contribution in [0.2, 0.25) is 0 Å². The first-order valence-electron chi connectivity index (χ1n) is 8.36. The van der Waals surface area contributed by atoms with E-state index in [2.05, 4.69) is 67.4 Å². The van der Waals surface area contributed by atoms with Crippen molar-refractivity contribution in [2.45, 2.75) is 32.7 Å². The third-order valence-electron chi connectivity index (χ3n) is 4.75. The Morgan fingerprint density at radius 2 is 1.74 bits per heavy atom. The monoisotopic (exact) mass is 308 g/mol. The number of carbonyl (C=O) groups excluding carboxylic acids is 1. The molecule has 0 bridgehead atoms. The molecule has 0 spiro atoms. The largest absolute Gasteiger partial charge is 0.324 e. The highest BCUT2D eigenvalue weighted by atomic mass is 16.2. The third-order valence-corrected chi connectivity index (χ3v) is 4.75. The van der Waals surface area contributed by atoms with E-state index in [-0.39, 0.29) is 17.9 Å². The maximum atomic E-state index is 12.8. The van der Waals surface area contributed by atoms with Crippen LogP contribution in [-0.2, 0) is 4.79 Å². The summed E-state index contributed by atoms with van der Waals surface area (Å²) in [6.07, 6.45) is 0. The predicted molar refractivity (Wildman–Crippen MR) is 94.8 cm³/mol. The van der Waals surface area contributed by atoms with Crippen LogP contribution in [0.3, 0.4) is 0 Å². The first kappa shape index (κ1) is 15.8. The fourth-order valence-corrected chi connectivity index (χ4v) is 3.60. The standard InChI is InChI=1S/C20H24N2O/c1-4-22(5-2)19-18(15-9-7-6-8-10-15)16-13-14(3)11-12-17(16)21-20(19)23/h6-13,18-19H,4-5H2,1-3H3,(H,21,23). The lowest BCUT2D eigenvalue weighted by atomic mass is 9.80. The zero-order valence-corrected chi connectivity index (χ0v) is 14.0. The average Bonchev–Trinajstić information content (AvgIpc) is 2.57. The van der Waals surface area contributed by atoms with Crippen molar-refractivity contribution in [3.05, 3.63) is 65.2 Å². The molecule has 2 aromatic rings. The van der Waals surface area contributed by atoms with E-state index in [1.165, 1.54) is 16.7 Å². The summed E-state index contributed by atoms with van der Waals surface area (Å²) in [6, 6.07) is 16.5. The predicted octanol–water partition coefficient (Wildman–Crippen LogP) is 3.79. The lowest BCUT2D eigenvalue weighted by molar-refractivity contribution is -0.122. The Labute approximate surface area is 138 Å². The van der Waals surface area contributed by atoms with Crippen molar-refractivity contribution in [3.8, 4) is 0 Å². The Hall–Kier alpha value is -2.13. The smallest absolute Gasteiger partial charge is 0.242 e. The van der Waals surface area contributed by atoms with Crippen LogP contribution in [0.4, 0.5) is 5.69 Å². The lowest BCUT2D eigenvalue weighted by Gasteiger charge is -2.39. The van der Waals surface area contributed by atoms with Crippen molar-refractivity contribution < 1.29 is 4.79 Å². The van der Waals surface area contributed by atoms with Crippen LogP contribution in [0.15, 0.2) is 48.5 Å². The van der Waals surface area contributed by atoms with Gasteiger partial charge in [0.25, 0.3) is 0 Å². The Morgan fingerprint density at radius 1 is 1.04 bits per heavy atom. The minimum absolute atomic E-state index is 0.0692. The summed E-state index contributed by atoms with van der Waals surface area (Å²) in [5.74, 6) is 0.165. The summed E-state index contributed by atoms with van der Waals surface area (Å²) >= 11 is 0. The Kier molecular flexibility index (Phi) is 4.49. The average molecular weight is 308 g/mol. The van der Waals surface area contributed by atoms with Crippen LogP contribution in [0, 0.1) is 6.92 Å². The second-order valence-electron chi connectivity index (χ2n) is 6.13. The molecule has 1 amide bonds. The topological polar surface area (TPSA) is 32.3 Å². The molecule has 1 heterocycles. The molecule has 2 aromatic carbocycles. The summed E-state index contributed by atoms with van der Waals surface area (Å²) < 4.78 is 0. The van der Waals surface area contributed by atoms with E-state index in [1.54, 1.807) is 0 Å². The van der Waals surface area contributed by atoms with Gasteiger partial charge in [0.2, 0.25) is 5.91 Å². The number of likely N-dealkylation sites (N-methyl/N-ethyl adjacent to an activating group) is 1. The molecular formula is C20H24N2O. The SMILES string of the molecule is CCN(CC)C1C(=O)Nc2ccc(C)cc2C1c1ccccc1. The fourth-order valence-electron chi connectivity index (χ4n) is 3.60. The van der Waals surface area contributed by atoms with Crippen LogP contribution in [0.1, 0.15) is 36.5 Å². The Bertz CT molecular complexity index is 692. The number of aryl methyl sites for hydroxylation is 1. The highest BCUT2D eigenvalue weighted by molar-refractivity contribution is 5.99. The van der Waals surface area contributed by atoms with Crippen molar-refractivity contribution >= 4 is 11.6 Å². The molecule has 0 radical (unpaired) electrons. The number of anilines is 1. The molecule has 0 saturated heterocycles. The quantitative estimate of drug-likeness (QED) is 0.932. The summed E-state index contributed by atoms with van der Waals surface area (Å²) in [7, 11) is 0. The second-order valence-corrected chi connectivity index (χ2v) is 6.13. The van der Waals surface area contributed by atoms with Gasteiger partial charge in [-0.1, -0.05) is 61.9 Å². The third kappa shape index (κ3) is 2.89. The number of nitrogens with one attached hydrogen (secondary N) is 1. The number of hydrogen-bond donors (Lipinski definition) is 1. The Balaban J connectivity index is 2.17. The van der Waals surface area contributed by atoms with Crippen molar-refractivity contribution in [1.29, 1.82) is 0 Å². The van der Waals surface area contributed by atoms with E-state index in [4.69, 9.17) is 0 Å². The first-order chi connectivity index (χ1) is 11.2. The molecular weight excluding hydrogens is 284 g/mol. The van der Waals surface area contributed by atoms with Crippen LogP contribution in [-0.4, -0.2) is 29.9 Å². The van der Waals surface area contributed by atoms with E-state index in [1.807, 2.05) is 12.1 Å². The van der Waals surface area contributed by atoms with Gasteiger partial charge in [-0.25, -0.2) is 0 Å². The number of nitrogens with zero attached hydrogens (tertiary/aromatic N) is 1. The zero-order chi connectivity index (χ0) is 16.4. The van der Waals surface area contributed by atoms with E-state index < -0.39 is 0 Å². The minimum Gasteiger partial charge on any atom is -0.324 e. The maximum absolute atomic E-state index is 12.8. The molecule has 3 nitrogen and oxygen atoms in total. The van der Waals surface area contributed by atoms with Gasteiger partial charge in [0.15, 0.2) is 0 Å². The van der Waals surface area contributed by atoms with Gasteiger partial charge in [0.05, 0.1) is 0 Å². The highest BCUT2D eigenvalue weighted by Gasteiger charge is 2.39. The van der Waals surface area contributed by atoms with Gasteiger partial charge in [-0.3, -0.25) is 9.69 Å². The molecule has 3 heteroatoms. The van der Waals surface area contributed by atoms with Gasteiger partial charge in [-0.15, -0.1) is 0 Å². The van der Waals surface area contributed by atoms with Gasteiger partial charge in [0.1, 0.15) is 6.04 Å². The number of fused-ring (bicyclic) bond motifs is 1. The fraction of sp³-hybridized carbons (Fsp3) is 0.350. The van der Waals surface area contributed by atoms with Gasteiger partial charge in [-0.05, 0) is 37.2 Å². The molecule has 0 saturated carbocycles. The summed E-state index contributed by atoms with van der Waals surface area (Å²) in [5.41, 5.74) is 4.58. The van der Waals surface area contributed by atoms with Crippen LogP contribution in [0.25, 0.3) is 0 Å². The van der Waals surface area contributed by atoms with E-state index in [0.29, 0.717) is 0 Å². The number of hydrogen-bond acceptors (Lipinski definition) is 2. The molecule has 0 aromatic heterocycles. The number of amides is 1. The zero-order valence-electron chi connectivity index (χ0n) is 14.0. The molecule has 1 aliphatic rings. The van der Waals surface area contributed by atoms with E-state index in [0.717, 1.165) is 18.8 Å². The maximum Gasteiger partial charge on any atom is 0.242 e. The molecule has 0 fully saturated rings. The molecule has 23 heavy (non-hydrogen) atoms. The number of benzene rings is 2. The number of rotatable bonds is 4. The molecule has 1 N–H and O–H groups in total. The van der Waals surface area contributed by atoms with Crippen LogP contribution >= 0.6 is 0 Å². The van der Waals surface area contributed by atoms with Crippen molar-refractivity contribution in [1.82, 2.24) is 4.90 Å². The molecule has 3 rings (SSSR count). The van der Waals surface area contributed by atoms with Gasteiger partial charge < -0.3 is 5.32 Å². The Morgan fingerprint density at radius 3 is 2.39 bits per heavy atom. The molecule has 120 valence electrons. The van der Waals surface area contributed by atoms with Gasteiger partial charge in [-0.2, -0.15) is 0 Å². The summed E-state index contributed by atoms with van der Waals surface area (Å²) in [6.45, 7) is 8.05. The van der Waals surface area contributed by atoms with Gasteiger partial charge >= 0.3 is 0 Å². The summed E-state index contributed by atoms with van der Waals surface area (Å²) in [5, 5.41) is 3.11. The molecule has 1 aliphatic heterocycles. The summed E-state index contributed by atoms with van der Waals surface area (Å²) in [4.78, 5) is 15.1. The van der Waals surface area contributed by atoms with E-state index in [9.17, 15) is 4.79 Å². The highest BCUT2D eigenvalue weighted by Crippen LogP contribution is 2.39. The van der Waals surface area contributed by atoms with Crippen molar-refractivity contribution in [3.63, 3.8) is 0 Å². The van der Waals surface area contributed by atoms with Crippen LogP contribution < -0.4 is 5.32 Å². The molecule has 2 unspecified atom stereocenters. The second kappa shape index (κ2) is 6.55. The number of carbonyl (C=O) groups is 1. The molecule has 2 atom stereocenters. The normalized spacial score (nSPS) is 20.3. The minimum atomic E-state index is -0.165. The molecule has 0 aliphatic carbocycles. The lowest BCUT2D eigenvalue weighted by Crippen LogP contribution is -2.50. The first-order valence-corrected chi connectivity index (χ1v) is 8.36. The van der Waals surface area contributed by atoms with E-state index >= 15 is 0 Å². The van der Waals surface area contributed by atoms with Crippen molar-refractivity contribution in [2.75, 3.05) is 18.4 Å². The van der Waals surface area contributed by atoms with Gasteiger partial charge in [0, 0.05) is 11.6 Å². The van der Waals surface area contributed by atoms with Crippen molar-refractivity contribution in [2.24, 2.45) is 0 Å².